The summed E-state index contributed by atoms with van der Waals surface area (Å²) in [6, 6.07) is 1.33. The van der Waals surface area contributed by atoms with Crippen LogP contribution in [0.2, 0.25) is 0 Å². The third kappa shape index (κ3) is 4.91. The molecule has 0 aromatic heterocycles. The standard InChI is InChI=1S/C22H24F4N4O4S/c1-12-19(31)30(35-26)27-18-11-33-17-10-15(22(23,24)25)14(9-16(17)29(12)18)13-5-7-28(8-6-13)20(32)34-21(2,3)4/h5,9-10,12H,6-8,11H2,1-4H3. The molecule has 0 N–H and O–H groups in total. The van der Waals surface area contributed by atoms with Gasteiger partial charge in [-0.2, -0.15) is 13.2 Å². The zero-order valence-corrected chi connectivity index (χ0v) is 20.3. The fourth-order valence-electron chi connectivity index (χ4n) is 4.11. The van der Waals surface area contributed by atoms with Crippen LogP contribution in [0.25, 0.3) is 5.57 Å². The Labute approximate surface area is 203 Å². The van der Waals surface area contributed by atoms with Gasteiger partial charge in [0.1, 0.15) is 24.0 Å². The summed E-state index contributed by atoms with van der Waals surface area (Å²) in [6.45, 7) is 6.77. The smallest absolute Gasteiger partial charge is 0.417 e. The monoisotopic (exact) mass is 516 g/mol. The number of amides is 2. The molecule has 3 aliphatic rings. The third-order valence-corrected chi connectivity index (χ3v) is 6.10. The number of carbonyl (C=O) groups excluding carboxylic acids is 2. The summed E-state index contributed by atoms with van der Waals surface area (Å²) in [6.07, 6.45) is -3.48. The maximum Gasteiger partial charge on any atom is 0.417 e. The van der Waals surface area contributed by atoms with E-state index in [4.69, 9.17) is 9.47 Å². The fourth-order valence-corrected chi connectivity index (χ4v) is 4.46. The second-order valence-corrected chi connectivity index (χ2v) is 9.78. The number of alkyl halides is 3. The lowest BCUT2D eigenvalue weighted by Gasteiger charge is -2.40. The molecule has 3 heterocycles. The number of rotatable bonds is 2. The third-order valence-electron chi connectivity index (χ3n) is 5.71. The molecule has 1 aromatic rings. The maximum atomic E-state index is 14.0. The number of anilines is 1. The molecular formula is C22H24F4N4O4S. The van der Waals surface area contributed by atoms with Crippen molar-refractivity contribution >= 4 is 41.4 Å². The lowest BCUT2D eigenvalue weighted by molar-refractivity contribution is -0.138. The Balaban J connectivity index is 1.73. The molecule has 13 heteroatoms. The Morgan fingerprint density at radius 3 is 2.54 bits per heavy atom. The molecule has 0 fully saturated rings. The average Bonchev–Trinajstić information content (AvgIpc) is 2.78. The number of halogens is 4. The van der Waals surface area contributed by atoms with Crippen LogP contribution < -0.4 is 9.64 Å². The van der Waals surface area contributed by atoms with Crippen molar-refractivity contribution in [1.29, 1.82) is 0 Å². The van der Waals surface area contributed by atoms with Crippen molar-refractivity contribution in [2.75, 3.05) is 24.6 Å². The first-order valence-electron chi connectivity index (χ1n) is 10.8. The van der Waals surface area contributed by atoms with Crippen molar-refractivity contribution in [3.05, 3.63) is 29.3 Å². The number of nitrogens with zero attached hydrogens (tertiary/aromatic N) is 4. The minimum Gasteiger partial charge on any atom is -0.483 e. The average molecular weight is 517 g/mol. The SMILES string of the molecule is CC1C(=O)N(SF)N=C2COc3cc(C(F)(F)F)c(C4=CCN(C(=O)OC(C)(C)C)CC4)cc3N21. The van der Waals surface area contributed by atoms with Gasteiger partial charge in [-0.05, 0) is 57.4 Å². The Morgan fingerprint density at radius 2 is 1.97 bits per heavy atom. The van der Waals surface area contributed by atoms with E-state index in [-0.39, 0.29) is 61.3 Å². The van der Waals surface area contributed by atoms with Crippen LogP contribution in [0.15, 0.2) is 23.3 Å². The van der Waals surface area contributed by atoms with Crippen molar-refractivity contribution in [2.24, 2.45) is 5.10 Å². The highest BCUT2D eigenvalue weighted by Gasteiger charge is 2.42. The number of hydrogen-bond donors (Lipinski definition) is 0. The molecule has 3 aliphatic heterocycles. The van der Waals surface area contributed by atoms with E-state index in [9.17, 15) is 26.6 Å². The van der Waals surface area contributed by atoms with E-state index < -0.39 is 35.4 Å². The van der Waals surface area contributed by atoms with Crippen LogP contribution in [-0.2, 0) is 15.7 Å². The van der Waals surface area contributed by atoms with E-state index in [2.05, 4.69) is 5.10 Å². The van der Waals surface area contributed by atoms with E-state index in [1.54, 1.807) is 26.8 Å². The molecule has 0 radical (unpaired) electrons. The van der Waals surface area contributed by atoms with Gasteiger partial charge in [0.25, 0.3) is 5.91 Å². The van der Waals surface area contributed by atoms with Gasteiger partial charge in [0.2, 0.25) is 0 Å². The molecular weight excluding hydrogens is 492 g/mol. The van der Waals surface area contributed by atoms with Crippen LogP contribution in [-0.4, -0.2) is 58.5 Å². The summed E-state index contributed by atoms with van der Waals surface area (Å²) in [4.78, 5) is 27.7. The Kier molecular flexibility index (Phi) is 6.41. The predicted octanol–water partition coefficient (Wildman–Crippen LogP) is 5.01. The Bertz CT molecular complexity index is 1120. The van der Waals surface area contributed by atoms with Gasteiger partial charge in [0.05, 0.1) is 11.3 Å². The van der Waals surface area contributed by atoms with Crippen molar-refractivity contribution in [3.63, 3.8) is 0 Å². The van der Waals surface area contributed by atoms with Gasteiger partial charge in [-0.25, -0.2) is 4.79 Å². The summed E-state index contributed by atoms with van der Waals surface area (Å²) in [5.74, 6) is -0.498. The van der Waals surface area contributed by atoms with Gasteiger partial charge in [-0.3, -0.25) is 4.79 Å². The molecule has 190 valence electrons. The quantitative estimate of drug-likeness (QED) is 0.407. The lowest BCUT2D eigenvalue weighted by atomic mass is 9.92. The molecule has 4 rings (SSSR count). The van der Waals surface area contributed by atoms with Crippen molar-refractivity contribution in [3.8, 4) is 5.75 Å². The number of hydrazone groups is 1. The van der Waals surface area contributed by atoms with Crippen LogP contribution in [0.4, 0.5) is 27.5 Å². The van der Waals surface area contributed by atoms with Gasteiger partial charge < -0.3 is 19.3 Å². The molecule has 1 atom stereocenters. The topological polar surface area (TPSA) is 74.7 Å². The minimum absolute atomic E-state index is 0.0483. The zero-order chi connectivity index (χ0) is 25.7. The molecule has 8 nitrogen and oxygen atoms in total. The summed E-state index contributed by atoms with van der Waals surface area (Å²) in [5, 5.41) is 3.92. The highest BCUT2D eigenvalue weighted by Crippen LogP contribution is 2.45. The molecule has 1 aromatic carbocycles. The molecule has 0 spiro atoms. The molecule has 35 heavy (non-hydrogen) atoms. The van der Waals surface area contributed by atoms with Crippen LogP contribution in [0.3, 0.4) is 0 Å². The second kappa shape index (κ2) is 8.92. The van der Waals surface area contributed by atoms with Gasteiger partial charge in [-0.15, -0.1) is 13.4 Å². The molecule has 0 bridgehead atoms. The highest BCUT2D eigenvalue weighted by atomic mass is 32.2. The van der Waals surface area contributed by atoms with Crippen molar-refractivity contribution in [1.82, 2.24) is 9.31 Å². The zero-order valence-electron chi connectivity index (χ0n) is 19.5. The predicted molar refractivity (Wildman–Crippen MR) is 122 cm³/mol. The number of amidine groups is 1. The number of fused-ring (bicyclic) bond motifs is 3. The first-order valence-corrected chi connectivity index (χ1v) is 11.5. The molecule has 1 unspecified atom stereocenters. The van der Waals surface area contributed by atoms with E-state index in [1.165, 1.54) is 22.8 Å². The van der Waals surface area contributed by atoms with E-state index in [1.807, 2.05) is 0 Å². The number of hydrogen-bond acceptors (Lipinski definition) is 7. The molecule has 2 amide bonds. The van der Waals surface area contributed by atoms with Crippen molar-refractivity contribution < 1.29 is 36.1 Å². The summed E-state index contributed by atoms with van der Waals surface area (Å²) in [7, 11) is 0. The largest absolute Gasteiger partial charge is 0.483 e. The molecule has 0 saturated heterocycles. The summed E-state index contributed by atoms with van der Waals surface area (Å²) >= 11 is -0.354. The Hall–Kier alpha value is -2.96. The van der Waals surface area contributed by atoms with Crippen LogP contribution in [0, 0.1) is 0 Å². The first kappa shape index (κ1) is 25.1. The summed E-state index contributed by atoms with van der Waals surface area (Å²) in [5.41, 5.74) is -1.02. The highest BCUT2D eigenvalue weighted by molar-refractivity contribution is 7.92. The Morgan fingerprint density at radius 1 is 1.26 bits per heavy atom. The number of ether oxygens (including phenoxy) is 2. The maximum absolute atomic E-state index is 14.0. The lowest BCUT2D eigenvalue weighted by Crippen LogP contribution is -2.55. The van der Waals surface area contributed by atoms with Crippen LogP contribution in [0.5, 0.6) is 5.75 Å². The van der Waals surface area contributed by atoms with Crippen molar-refractivity contribution in [2.45, 2.75) is 51.9 Å². The second-order valence-electron chi connectivity index (χ2n) is 9.30. The summed E-state index contributed by atoms with van der Waals surface area (Å²) < 4.78 is 66.6. The van der Waals surface area contributed by atoms with Gasteiger partial charge >= 0.3 is 12.3 Å². The number of benzene rings is 1. The van der Waals surface area contributed by atoms with Crippen LogP contribution >= 0.6 is 12.3 Å². The first-order chi connectivity index (χ1) is 16.3. The fraction of sp³-hybridized carbons (Fsp3) is 0.500. The molecule has 0 aliphatic carbocycles. The number of carbonyl (C=O) groups is 2. The van der Waals surface area contributed by atoms with Gasteiger partial charge in [-0.1, -0.05) is 6.08 Å². The normalized spacial score (nSPS) is 20.5. The van der Waals surface area contributed by atoms with E-state index >= 15 is 0 Å². The van der Waals surface area contributed by atoms with Crippen LogP contribution in [0.1, 0.15) is 45.2 Å². The van der Waals surface area contributed by atoms with E-state index in [0.717, 1.165) is 6.07 Å². The van der Waals surface area contributed by atoms with Gasteiger partial charge in [0.15, 0.2) is 18.2 Å². The van der Waals surface area contributed by atoms with Gasteiger partial charge in [0, 0.05) is 13.1 Å². The van der Waals surface area contributed by atoms with E-state index in [0.29, 0.717) is 9.99 Å². The minimum atomic E-state index is -4.67. The molecule has 0 saturated carbocycles.